The molecule has 0 aliphatic heterocycles. The molecule has 1 aromatic rings. The van der Waals surface area contributed by atoms with Crippen LogP contribution in [0.3, 0.4) is 0 Å². The van der Waals surface area contributed by atoms with E-state index in [1.54, 1.807) is 11.1 Å². The van der Waals surface area contributed by atoms with Gasteiger partial charge in [0.2, 0.25) is 0 Å². The lowest BCUT2D eigenvalue weighted by molar-refractivity contribution is -0.132. The average Bonchev–Trinajstić information content (AvgIpc) is 2.40. The van der Waals surface area contributed by atoms with E-state index in [2.05, 4.69) is 10.3 Å². The molecular weight excluding hydrogens is 230 g/mol. The Morgan fingerprint density at radius 3 is 2.61 bits per heavy atom. The minimum Gasteiger partial charge on any atom is -0.482 e. The summed E-state index contributed by atoms with van der Waals surface area (Å²) in [5.74, 6) is 0.620. The van der Waals surface area contributed by atoms with Gasteiger partial charge in [-0.2, -0.15) is 0 Å². The number of ether oxygens (including phenoxy) is 1. The highest BCUT2D eigenvalue weighted by molar-refractivity contribution is 5.77. The molecule has 18 heavy (non-hydrogen) atoms. The molecule has 1 amide bonds. The minimum absolute atomic E-state index is 0.000647. The number of carbonyl (C=O) groups is 1. The number of rotatable bonds is 7. The molecule has 1 N–H and O–H groups in total. The highest BCUT2D eigenvalue weighted by atomic mass is 16.5. The van der Waals surface area contributed by atoms with Crippen molar-refractivity contribution in [1.82, 2.24) is 15.2 Å². The lowest BCUT2D eigenvalue weighted by Crippen LogP contribution is -2.34. The maximum Gasteiger partial charge on any atom is 0.260 e. The van der Waals surface area contributed by atoms with E-state index in [1.165, 1.54) is 0 Å². The molecule has 0 aliphatic rings. The third-order valence-corrected chi connectivity index (χ3v) is 2.63. The van der Waals surface area contributed by atoms with Crippen LogP contribution in [-0.2, 0) is 11.3 Å². The summed E-state index contributed by atoms with van der Waals surface area (Å²) < 4.78 is 5.41. The van der Waals surface area contributed by atoms with Gasteiger partial charge < -0.3 is 15.0 Å². The molecule has 0 aromatic carbocycles. The highest BCUT2D eigenvalue weighted by Gasteiger charge is 2.09. The largest absolute Gasteiger partial charge is 0.482 e. The van der Waals surface area contributed by atoms with Gasteiger partial charge >= 0.3 is 0 Å². The van der Waals surface area contributed by atoms with E-state index in [0.717, 1.165) is 12.2 Å². The number of carbonyl (C=O) groups excluding carboxylic acids is 1. The first kappa shape index (κ1) is 14.4. The number of nitrogens with zero attached hydrogens (tertiary/aromatic N) is 2. The Hall–Kier alpha value is -1.62. The second-order valence-electron chi connectivity index (χ2n) is 3.87. The Morgan fingerprint density at radius 2 is 2.11 bits per heavy atom. The van der Waals surface area contributed by atoms with Crippen LogP contribution in [0, 0.1) is 0 Å². The summed E-state index contributed by atoms with van der Waals surface area (Å²) in [6.45, 7) is 6.11. The summed E-state index contributed by atoms with van der Waals surface area (Å²) in [6, 6.07) is 3.71. The van der Waals surface area contributed by atoms with Crippen molar-refractivity contribution in [2.75, 3.05) is 26.7 Å². The molecule has 0 bridgehead atoms. The van der Waals surface area contributed by atoms with E-state index in [-0.39, 0.29) is 12.5 Å². The molecule has 0 unspecified atom stereocenters. The zero-order valence-electron chi connectivity index (χ0n) is 11.3. The topological polar surface area (TPSA) is 54.5 Å². The standard InChI is InChI=1S/C13H21N3O2/c1-4-16(5-2)13(17)10-18-12-7-6-11(8-14-3)15-9-12/h6-7,9,14H,4-5,8,10H2,1-3H3. The summed E-state index contributed by atoms with van der Waals surface area (Å²) in [6.07, 6.45) is 1.64. The van der Waals surface area contributed by atoms with E-state index in [4.69, 9.17) is 4.74 Å². The van der Waals surface area contributed by atoms with Gasteiger partial charge in [-0.05, 0) is 33.0 Å². The Balaban J connectivity index is 2.45. The zero-order chi connectivity index (χ0) is 13.4. The number of hydrogen-bond donors (Lipinski definition) is 1. The van der Waals surface area contributed by atoms with Crippen molar-refractivity contribution in [3.63, 3.8) is 0 Å². The summed E-state index contributed by atoms with van der Waals surface area (Å²) in [5, 5.41) is 3.02. The average molecular weight is 251 g/mol. The maximum absolute atomic E-state index is 11.7. The van der Waals surface area contributed by atoms with Gasteiger partial charge in [0.25, 0.3) is 5.91 Å². The van der Waals surface area contributed by atoms with Crippen molar-refractivity contribution in [3.8, 4) is 5.75 Å². The van der Waals surface area contributed by atoms with Crippen LogP contribution in [0.4, 0.5) is 0 Å². The van der Waals surface area contributed by atoms with E-state index in [1.807, 2.05) is 33.0 Å². The molecule has 5 nitrogen and oxygen atoms in total. The van der Waals surface area contributed by atoms with Gasteiger partial charge in [0.05, 0.1) is 11.9 Å². The number of pyridine rings is 1. The zero-order valence-corrected chi connectivity index (χ0v) is 11.3. The number of hydrogen-bond acceptors (Lipinski definition) is 4. The molecule has 100 valence electrons. The minimum atomic E-state index is -0.000647. The van der Waals surface area contributed by atoms with Gasteiger partial charge in [0.1, 0.15) is 5.75 Å². The van der Waals surface area contributed by atoms with Crippen molar-refractivity contribution < 1.29 is 9.53 Å². The number of likely N-dealkylation sites (N-methyl/N-ethyl adjacent to an activating group) is 1. The fourth-order valence-corrected chi connectivity index (χ4v) is 1.59. The predicted molar refractivity (Wildman–Crippen MR) is 70.4 cm³/mol. The first-order chi connectivity index (χ1) is 8.71. The van der Waals surface area contributed by atoms with Crippen LogP contribution in [-0.4, -0.2) is 42.5 Å². The number of nitrogens with one attached hydrogen (secondary N) is 1. The van der Waals surface area contributed by atoms with Gasteiger partial charge in [0, 0.05) is 19.6 Å². The fraction of sp³-hybridized carbons (Fsp3) is 0.538. The van der Waals surface area contributed by atoms with Crippen molar-refractivity contribution in [2.24, 2.45) is 0 Å². The van der Waals surface area contributed by atoms with Crippen LogP contribution >= 0.6 is 0 Å². The van der Waals surface area contributed by atoms with E-state index < -0.39 is 0 Å². The second-order valence-corrected chi connectivity index (χ2v) is 3.87. The Morgan fingerprint density at radius 1 is 1.39 bits per heavy atom. The summed E-state index contributed by atoms with van der Waals surface area (Å²) in [4.78, 5) is 17.7. The van der Waals surface area contributed by atoms with Crippen LogP contribution in [0.1, 0.15) is 19.5 Å². The van der Waals surface area contributed by atoms with E-state index >= 15 is 0 Å². The lowest BCUT2D eigenvalue weighted by atomic mass is 10.3. The molecule has 1 rings (SSSR count). The predicted octanol–water partition coefficient (Wildman–Crippen LogP) is 1.05. The third kappa shape index (κ3) is 4.33. The quantitative estimate of drug-likeness (QED) is 0.787. The van der Waals surface area contributed by atoms with Gasteiger partial charge in [-0.25, -0.2) is 0 Å². The van der Waals surface area contributed by atoms with Crippen molar-refractivity contribution in [2.45, 2.75) is 20.4 Å². The highest BCUT2D eigenvalue weighted by Crippen LogP contribution is 2.09. The summed E-state index contributed by atoms with van der Waals surface area (Å²) in [7, 11) is 1.87. The van der Waals surface area contributed by atoms with E-state index in [0.29, 0.717) is 18.8 Å². The van der Waals surface area contributed by atoms with Gasteiger partial charge in [-0.3, -0.25) is 9.78 Å². The molecule has 5 heteroatoms. The molecule has 0 atom stereocenters. The molecule has 0 spiro atoms. The van der Waals surface area contributed by atoms with Gasteiger partial charge in [0.15, 0.2) is 6.61 Å². The van der Waals surface area contributed by atoms with Crippen LogP contribution in [0.2, 0.25) is 0 Å². The molecule has 0 radical (unpaired) electrons. The van der Waals surface area contributed by atoms with Crippen molar-refractivity contribution in [3.05, 3.63) is 24.0 Å². The van der Waals surface area contributed by atoms with Crippen molar-refractivity contribution in [1.29, 1.82) is 0 Å². The maximum atomic E-state index is 11.7. The Bertz CT molecular complexity index is 361. The van der Waals surface area contributed by atoms with Gasteiger partial charge in [-0.15, -0.1) is 0 Å². The molecule has 0 aliphatic carbocycles. The van der Waals surface area contributed by atoms with E-state index in [9.17, 15) is 4.79 Å². The third-order valence-electron chi connectivity index (χ3n) is 2.63. The molecular formula is C13H21N3O2. The monoisotopic (exact) mass is 251 g/mol. The first-order valence-electron chi connectivity index (χ1n) is 6.21. The fourth-order valence-electron chi connectivity index (χ4n) is 1.59. The lowest BCUT2D eigenvalue weighted by Gasteiger charge is -2.18. The molecule has 0 saturated heterocycles. The number of amides is 1. The van der Waals surface area contributed by atoms with Crippen LogP contribution in [0.15, 0.2) is 18.3 Å². The Labute approximate surface area is 108 Å². The molecule has 1 heterocycles. The summed E-state index contributed by atoms with van der Waals surface area (Å²) >= 11 is 0. The SMILES string of the molecule is CCN(CC)C(=O)COc1ccc(CNC)nc1. The van der Waals surface area contributed by atoms with Crippen LogP contribution in [0.5, 0.6) is 5.75 Å². The number of aromatic nitrogens is 1. The molecule has 0 fully saturated rings. The first-order valence-corrected chi connectivity index (χ1v) is 6.21. The normalized spacial score (nSPS) is 10.2. The Kier molecular flexibility index (Phi) is 6.14. The molecule has 0 saturated carbocycles. The van der Waals surface area contributed by atoms with Gasteiger partial charge in [-0.1, -0.05) is 0 Å². The molecule has 1 aromatic heterocycles. The smallest absolute Gasteiger partial charge is 0.260 e. The van der Waals surface area contributed by atoms with Crippen molar-refractivity contribution >= 4 is 5.91 Å². The van der Waals surface area contributed by atoms with Crippen LogP contribution < -0.4 is 10.1 Å². The summed E-state index contributed by atoms with van der Waals surface area (Å²) in [5.41, 5.74) is 0.944. The second kappa shape index (κ2) is 7.66. The van der Waals surface area contributed by atoms with Crippen LogP contribution in [0.25, 0.3) is 0 Å².